The molecule has 0 spiro atoms. The number of aryl methyl sites for hydroxylation is 1. The molecule has 1 aromatic heterocycles. The highest BCUT2D eigenvalue weighted by Crippen LogP contribution is 2.28. The van der Waals surface area contributed by atoms with Crippen molar-refractivity contribution >= 4 is 23.2 Å². The Labute approximate surface area is 190 Å². The van der Waals surface area contributed by atoms with Crippen LogP contribution in [-0.4, -0.2) is 30.5 Å². The molecule has 2 amide bonds. The van der Waals surface area contributed by atoms with E-state index >= 15 is 0 Å². The Kier molecular flexibility index (Phi) is 8.04. The topological polar surface area (TPSA) is 98.8 Å². The van der Waals surface area contributed by atoms with Gasteiger partial charge in [-0.2, -0.15) is 0 Å². The summed E-state index contributed by atoms with van der Waals surface area (Å²) in [5, 5.41) is 2.90. The molecule has 0 radical (unpaired) electrons. The van der Waals surface area contributed by atoms with Crippen molar-refractivity contribution in [1.82, 2.24) is 15.8 Å². The van der Waals surface area contributed by atoms with E-state index in [1.807, 2.05) is 19.2 Å². The van der Waals surface area contributed by atoms with Gasteiger partial charge in [-0.1, -0.05) is 13.0 Å². The van der Waals surface area contributed by atoms with Gasteiger partial charge in [0.15, 0.2) is 11.5 Å². The monoisotopic (exact) mass is 455 g/mol. The molecule has 0 unspecified atom stereocenters. The van der Waals surface area contributed by atoms with Gasteiger partial charge in [-0.15, -0.1) is 11.3 Å². The number of amides is 2. The molecular weight excluding hydrogens is 430 g/mol. The molecule has 1 heterocycles. The van der Waals surface area contributed by atoms with Crippen LogP contribution >= 0.6 is 11.3 Å². The van der Waals surface area contributed by atoms with Crippen molar-refractivity contribution in [3.8, 4) is 17.2 Å². The zero-order valence-corrected chi connectivity index (χ0v) is 19.0. The predicted molar refractivity (Wildman–Crippen MR) is 121 cm³/mol. The van der Waals surface area contributed by atoms with Crippen LogP contribution in [0.4, 0.5) is 0 Å². The van der Waals surface area contributed by atoms with E-state index in [0.717, 1.165) is 17.1 Å². The third-order valence-electron chi connectivity index (χ3n) is 4.33. The largest absolute Gasteiger partial charge is 0.493 e. The minimum absolute atomic E-state index is 0.311. The summed E-state index contributed by atoms with van der Waals surface area (Å²) in [5.41, 5.74) is 6.31. The van der Waals surface area contributed by atoms with Gasteiger partial charge in [-0.3, -0.25) is 20.4 Å². The van der Waals surface area contributed by atoms with Gasteiger partial charge in [-0.05, 0) is 49.7 Å². The molecule has 0 saturated carbocycles. The Morgan fingerprint density at radius 2 is 1.75 bits per heavy atom. The first-order valence-electron chi connectivity index (χ1n) is 10.1. The molecule has 32 heavy (non-hydrogen) atoms. The average Bonchev–Trinajstić information content (AvgIpc) is 3.24. The van der Waals surface area contributed by atoms with Crippen LogP contribution < -0.4 is 25.1 Å². The summed E-state index contributed by atoms with van der Waals surface area (Å²) >= 11 is 1.55. The summed E-state index contributed by atoms with van der Waals surface area (Å²) in [6.07, 6.45) is 0.855. The first kappa shape index (κ1) is 23.1. The van der Waals surface area contributed by atoms with Crippen LogP contribution in [0, 0.1) is 6.92 Å². The highest BCUT2D eigenvalue weighted by Gasteiger charge is 2.13. The zero-order chi connectivity index (χ0) is 22.9. The molecule has 0 aliphatic rings. The van der Waals surface area contributed by atoms with Crippen molar-refractivity contribution < 1.29 is 23.8 Å². The Balaban J connectivity index is 1.57. The highest BCUT2D eigenvalue weighted by atomic mass is 32.1. The van der Waals surface area contributed by atoms with Crippen LogP contribution in [0.15, 0.2) is 47.8 Å². The fourth-order valence-electron chi connectivity index (χ4n) is 2.76. The van der Waals surface area contributed by atoms with E-state index in [1.54, 1.807) is 53.8 Å². The number of thiazole rings is 1. The average molecular weight is 456 g/mol. The molecule has 8 nitrogen and oxygen atoms in total. The molecular formula is C23H25N3O5S. The maximum atomic E-state index is 12.5. The molecule has 0 fully saturated rings. The van der Waals surface area contributed by atoms with Crippen molar-refractivity contribution in [2.75, 3.05) is 13.7 Å². The molecule has 9 heteroatoms. The van der Waals surface area contributed by atoms with Crippen molar-refractivity contribution in [2.45, 2.75) is 26.9 Å². The fourth-order valence-corrected chi connectivity index (χ4v) is 3.35. The quantitative estimate of drug-likeness (QED) is 0.475. The van der Waals surface area contributed by atoms with E-state index < -0.39 is 11.8 Å². The number of hydrogen-bond donors (Lipinski definition) is 2. The van der Waals surface area contributed by atoms with E-state index in [0.29, 0.717) is 41.6 Å². The summed E-state index contributed by atoms with van der Waals surface area (Å²) in [4.78, 5) is 29.3. The van der Waals surface area contributed by atoms with Gasteiger partial charge in [-0.25, -0.2) is 4.98 Å². The Hall–Kier alpha value is -3.59. The molecule has 0 atom stereocenters. The van der Waals surface area contributed by atoms with Crippen LogP contribution in [0.25, 0.3) is 0 Å². The number of benzene rings is 2. The first-order chi connectivity index (χ1) is 15.5. The van der Waals surface area contributed by atoms with Crippen LogP contribution in [0.5, 0.6) is 17.2 Å². The fraction of sp³-hybridized carbons (Fsp3) is 0.261. The molecule has 3 rings (SSSR count). The summed E-state index contributed by atoms with van der Waals surface area (Å²) in [6, 6.07) is 11.5. The lowest BCUT2D eigenvalue weighted by molar-refractivity contribution is 0.0846. The van der Waals surface area contributed by atoms with Gasteiger partial charge >= 0.3 is 0 Å². The third kappa shape index (κ3) is 6.21. The zero-order valence-electron chi connectivity index (χ0n) is 18.1. The van der Waals surface area contributed by atoms with Crippen molar-refractivity contribution in [2.24, 2.45) is 0 Å². The number of carbonyl (C=O) groups is 2. The van der Waals surface area contributed by atoms with Crippen LogP contribution in [-0.2, 0) is 6.61 Å². The second-order valence-corrected chi connectivity index (χ2v) is 7.86. The summed E-state index contributed by atoms with van der Waals surface area (Å²) in [5.74, 6) is 0.576. The Morgan fingerprint density at radius 3 is 2.41 bits per heavy atom. The number of carbonyl (C=O) groups excluding carboxylic acids is 2. The summed E-state index contributed by atoms with van der Waals surface area (Å²) in [7, 11) is 1.50. The van der Waals surface area contributed by atoms with Gasteiger partial charge in [0.05, 0.1) is 24.4 Å². The second kappa shape index (κ2) is 11.1. The number of nitrogens with one attached hydrogen (secondary N) is 2. The number of aromatic nitrogens is 1. The molecule has 2 N–H and O–H groups in total. The second-order valence-electron chi connectivity index (χ2n) is 6.80. The molecule has 0 aliphatic carbocycles. The van der Waals surface area contributed by atoms with Crippen LogP contribution in [0.1, 0.15) is 44.8 Å². The summed E-state index contributed by atoms with van der Waals surface area (Å²) < 4.78 is 16.6. The molecule has 0 bridgehead atoms. The third-order valence-corrected chi connectivity index (χ3v) is 5.15. The van der Waals surface area contributed by atoms with Crippen molar-refractivity contribution in [3.63, 3.8) is 0 Å². The highest BCUT2D eigenvalue weighted by molar-refractivity contribution is 7.09. The summed E-state index contributed by atoms with van der Waals surface area (Å²) in [6.45, 7) is 4.79. The lowest BCUT2D eigenvalue weighted by atomic mass is 10.2. The Bertz CT molecular complexity index is 1080. The van der Waals surface area contributed by atoms with E-state index in [-0.39, 0.29) is 0 Å². The predicted octanol–water partition coefficient (Wildman–Crippen LogP) is 3.90. The van der Waals surface area contributed by atoms with Gasteiger partial charge in [0, 0.05) is 16.5 Å². The van der Waals surface area contributed by atoms with Crippen molar-refractivity contribution in [1.29, 1.82) is 0 Å². The van der Waals surface area contributed by atoms with E-state index in [9.17, 15) is 9.59 Å². The number of hydrogen-bond acceptors (Lipinski definition) is 7. The van der Waals surface area contributed by atoms with Crippen LogP contribution in [0.2, 0.25) is 0 Å². The van der Waals surface area contributed by atoms with E-state index in [4.69, 9.17) is 14.2 Å². The molecule has 0 saturated heterocycles. The Morgan fingerprint density at radius 1 is 1.00 bits per heavy atom. The number of nitrogens with zero attached hydrogens (tertiary/aromatic N) is 1. The normalized spacial score (nSPS) is 10.3. The SMILES string of the molecule is CCCOc1ccc(C(=O)NNC(=O)c2cccc(OCc3csc(C)n3)c2)cc1OC. The van der Waals surface area contributed by atoms with Gasteiger partial charge in [0.25, 0.3) is 11.8 Å². The minimum Gasteiger partial charge on any atom is -0.493 e. The number of methoxy groups -OCH3 is 1. The minimum atomic E-state index is -0.481. The first-order valence-corrected chi connectivity index (χ1v) is 10.9. The molecule has 2 aromatic carbocycles. The number of hydrazine groups is 1. The maximum Gasteiger partial charge on any atom is 0.269 e. The van der Waals surface area contributed by atoms with E-state index in [2.05, 4.69) is 15.8 Å². The van der Waals surface area contributed by atoms with Gasteiger partial charge in [0.1, 0.15) is 12.4 Å². The van der Waals surface area contributed by atoms with Crippen molar-refractivity contribution in [3.05, 3.63) is 69.7 Å². The number of ether oxygens (including phenoxy) is 3. The standard InChI is InChI=1S/C23H25N3O5S/c1-4-10-30-20-9-8-17(12-21(20)29-3)23(28)26-25-22(27)16-6-5-7-19(11-16)31-13-18-14-32-15(2)24-18/h5-9,11-12,14H,4,10,13H2,1-3H3,(H,25,27)(H,26,28). The smallest absolute Gasteiger partial charge is 0.269 e. The maximum absolute atomic E-state index is 12.5. The van der Waals surface area contributed by atoms with Crippen LogP contribution in [0.3, 0.4) is 0 Å². The molecule has 0 aliphatic heterocycles. The lowest BCUT2D eigenvalue weighted by Gasteiger charge is -2.12. The lowest BCUT2D eigenvalue weighted by Crippen LogP contribution is -2.41. The number of rotatable bonds is 9. The molecule has 3 aromatic rings. The van der Waals surface area contributed by atoms with E-state index in [1.165, 1.54) is 7.11 Å². The molecule has 168 valence electrons. The van der Waals surface area contributed by atoms with Gasteiger partial charge in [0.2, 0.25) is 0 Å². The van der Waals surface area contributed by atoms with Gasteiger partial charge < -0.3 is 14.2 Å².